The van der Waals surface area contributed by atoms with Gasteiger partial charge in [-0.25, -0.2) is 0 Å². The van der Waals surface area contributed by atoms with E-state index in [2.05, 4.69) is 19.2 Å². The number of furan rings is 1. The SMILES string of the molecule is COc1ccc2c(CC(=O)NC(c3ccccc3)C(C)C)coc2c1. The predicted octanol–water partition coefficient (Wildman–Crippen LogP) is 4.50. The van der Waals surface area contributed by atoms with E-state index in [1.54, 1.807) is 13.4 Å². The molecule has 1 atom stereocenters. The Balaban J connectivity index is 1.75. The van der Waals surface area contributed by atoms with Gasteiger partial charge in [0.2, 0.25) is 5.91 Å². The Morgan fingerprint density at radius 2 is 1.92 bits per heavy atom. The van der Waals surface area contributed by atoms with Crippen LogP contribution in [0, 0.1) is 5.92 Å². The molecule has 0 fully saturated rings. The van der Waals surface area contributed by atoms with Crippen LogP contribution in [0.25, 0.3) is 11.0 Å². The normalized spacial score (nSPS) is 12.3. The summed E-state index contributed by atoms with van der Waals surface area (Å²) in [6, 6.07) is 15.7. The minimum absolute atomic E-state index is 0.00745. The average Bonchev–Trinajstić information content (AvgIpc) is 3.02. The molecule has 1 aromatic heterocycles. The topological polar surface area (TPSA) is 51.5 Å². The Morgan fingerprint density at radius 1 is 1.16 bits per heavy atom. The molecule has 25 heavy (non-hydrogen) atoms. The third-order valence-electron chi connectivity index (χ3n) is 4.36. The van der Waals surface area contributed by atoms with Crippen molar-refractivity contribution in [3.8, 4) is 5.75 Å². The van der Waals surface area contributed by atoms with Crippen molar-refractivity contribution in [2.24, 2.45) is 5.92 Å². The smallest absolute Gasteiger partial charge is 0.225 e. The molecule has 0 saturated heterocycles. The number of amides is 1. The van der Waals surface area contributed by atoms with Gasteiger partial charge in [0, 0.05) is 17.0 Å². The molecule has 0 aliphatic heterocycles. The first kappa shape index (κ1) is 17.1. The van der Waals surface area contributed by atoms with E-state index in [4.69, 9.17) is 9.15 Å². The van der Waals surface area contributed by atoms with Crippen molar-refractivity contribution in [1.82, 2.24) is 5.32 Å². The van der Waals surface area contributed by atoms with Gasteiger partial charge in [-0.15, -0.1) is 0 Å². The number of carbonyl (C=O) groups is 1. The monoisotopic (exact) mass is 337 g/mol. The molecule has 0 saturated carbocycles. The number of ether oxygens (including phenoxy) is 1. The van der Waals surface area contributed by atoms with Gasteiger partial charge < -0.3 is 14.5 Å². The first-order valence-corrected chi connectivity index (χ1v) is 8.47. The van der Waals surface area contributed by atoms with Crippen LogP contribution in [0.5, 0.6) is 5.75 Å². The Bertz CT molecular complexity index is 852. The molecule has 0 aliphatic rings. The summed E-state index contributed by atoms with van der Waals surface area (Å²) in [4.78, 5) is 12.6. The van der Waals surface area contributed by atoms with Gasteiger partial charge in [-0.3, -0.25) is 4.79 Å². The first-order chi connectivity index (χ1) is 12.1. The number of fused-ring (bicyclic) bond motifs is 1. The van der Waals surface area contributed by atoms with E-state index in [0.717, 1.165) is 27.8 Å². The summed E-state index contributed by atoms with van der Waals surface area (Å²) < 4.78 is 10.8. The highest BCUT2D eigenvalue weighted by Crippen LogP contribution is 2.26. The van der Waals surface area contributed by atoms with Crippen LogP contribution in [0.1, 0.15) is 31.0 Å². The number of hydrogen-bond acceptors (Lipinski definition) is 3. The molecule has 3 rings (SSSR count). The van der Waals surface area contributed by atoms with Crippen molar-refractivity contribution in [1.29, 1.82) is 0 Å². The molecule has 1 N–H and O–H groups in total. The molecule has 1 unspecified atom stereocenters. The van der Waals surface area contributed by atoms with Gasteiger partial charge in [0.25, 0.3) is 0 Å². The lowest BCUT2D eigenvalue weighted by atomic mass is 9.95. The summed E-state index contributed by atoms with van der Waals surface area (Å²) in [6.07, 6.45) is 1.94. The van der Waals surface area contributed by atoms with Gasteiger partial charge in [-0.1, -0.05) is 44.2 Å². The van der Waals surface area contributed by atoms with E-state index < -0.39 is 0 Å². The maximum Gasteiger partial charge on any atom is 0.225 e. The molecule has 0 bridgehead atoms. The molecule has 4 heteroatoms. The van der Waals surface area contributed by atoms with Gasteiger partial charge in [0.1, 0.15) is 11.3 Å². The van der Waals surface area contributed by atoms with Gasteiger partial charge in [-0.2, -0.15) is 0 Å². The molecule has 0 spiro atoms. The zero-order valence-electron chi connectivity index (χ0n) is 14.8. The molecule has 2 aromatic carbocycles. The fourth-order valence-electron chi connectivity index (χ4n) is 3.02. The van der Waals surface area contributed by atoms with Crippen LogP contribution in [-0.4, -0.2) is 13.0 Å². The Labute approximate surface area is 147 Å². The summed E-state index contributed by atoms with van der Waals surface area (Å²) in [5, 5.41) is 4.09. The van der Waals surface area contributed by atoms with Crippen molar-refractivity contribution in [2.75, 3.05) is 7.11 Å². The van der Waals surface area contributed by atoms with Crippen LogP contribution in [0.2, 0.25) is 0 Å². The highest BCUT2D eigenvalue weighted by atomic mass is 16.5. The van der Waals surface area contributed by atoms with Gasteiger partial charge in [0.15, 0.2) is 0 Å². The van der Waals surface area contributed by atoms with Crippen LogP contribution in [0.3, 0.4) is 0 Å². The highest BCUT2D eigenvalue weighted by Gasteiger charge is 2.19. The lowest BCUT2D eigenvalue weighted by Gasteiger charge is -2.23. The molecule has 0 radical (unpaired) electrons. The summed E-state index contributed by atoms with van der Waals surface area (Å²) >= 11 is 0. The molecular formula is C21H23NO3. The van der Waals surface area contributed by atoms with E-state index in [1.165, 1.54) is 0 Å². The first-order valence-electron chi connectivity index (χ1n) is 8.47. The maximum absolute atomic E-state index is 12.6. The van der Waals surface area contributed by atoms with Crippen molar-refractivity contribution in [3.63, 3.8) is 0 Å². The predicted molar refractivity (Wildman–Crippen MR) is 98.6 cm³/mol. The fourth-order valence-corrected chi connectivity index (χ4v) is 3.02. The van der Waals surface area contributed by atoms with Crippen LogP contribution < -0.4 is 10.1 Å². The second kappa shape index (κ2) is 7.43. The minimum Gasteiger partial charge on any atom is -0.497 e. The Morgan fingerprint density at radius 3 is 2.60 bits per heavy atom. The summed E-state index contributed by atoms with van der Waals surface area (Å²) in [5.74, 6) is 1.03. The molecular weight excluding hydrogens is 314 g/mol. The molecule has 0 aliphatic carbocycles. The van der Waals surface area contributed by atoms with E-state index in [1.807, 2.05) is 48.5 Å². The number of nitrogens with one attached hydrogen (secondary N) is 1. The van der Waals surface area contributed by atoms with Crippen LogP contribution in [0.4, 0.5) is 0 Å². The lowest BCUT2D eigenvalue weighted by Crippen LogP contribution is -2.32. The quantitative estimate of drug-likeness (QED) is 0.720. The Kier molecular flexibility index (Phi) is 5.08. The maximum atomic E-state index is 12.6. The van der Waals surface area contributed by atoms with Gasteiger partial charge in [-0.05, 0) is 23.6 Å². The van der Waals surface area contributed by atoms with Crippen LogP contribution in [-0.2, 0) is 11.2 Å². The standard InChI is InChI=1S/C21H23NO3/c1-14(2)21(15-7-5-4-6-8-15)22-20(23)11-16-13-25-19-12-17(24-3)9-10-18(16)19/h4-10,12-14,21H,11H2,1-3H3,(H,22,23). The number of carbonyl (C=O) groups excluding carboxylic acids is 1. The second-order valence-corrected chi connectivity index (χ2v) is 6.50. The van der Waals surface area contributed by atoms with Gasteiger partial charge in [0.05, 0.1) is 25.8 Å². The fraction of sp³-hybridized carbons (Fsp3) is 0.286. The summed E-state index contributed by atoms with van der Waals surface area (Å²) in [7, 11) is 1.62. The number of hydrogen-bond donors (Lipinski definition) is 1. The number of methoxy groups -OCH3 is 1. The van der Waals surface area contributed by atoms with Crippen molar-refractivity contribution < 1.29 is 13.9 Å². The van der Waals surface area contributed by atoms with E-state index >= 15 is 0 Å². The van der Waals surface area contributed by atoms with Crippen LogP contribution in [0.15, 0.2) is 59.2 Å². The second-order valence-electron chi connectivity index (χ2n) is 6.50. The molecule has 1 heterocycles. The Hall–Kier alpha value is -2.75. The lowest BCUT2D eigenvalue weighted by molar-refractivity contribution is -0.121. The van der Waals surface area contributed by atoms with E-state index in [0.29, 0.717) is 5.92 Å². The van der Waals surface area contributed by atoms with Crippen molar-refractivity contribution >= 4 is 16.9 Å². The minimum atomic E-state index is -0.0129. The van der Waals surface area contributed by atoms with Gasteiger partial charge >= 0.3 is 0 Å². The molecule has 3 aromatic rings. The molecule has 130 valence electrons. The number of benzene rings is 2. The average molecular weight is 337 g/mol. The van der Waals surface area contributed by atoms with Crippen LogP contribution >= 0.6 is 0 Å². The van der Waals surface area contributed by atoms with Crippen molar-refractivity contribution in [2.45, 2.75) is 26.3 Å². The highest BCUT2D eigenvalue weighted by molar-refractivity contribution is 5.88. The van der Waals surface area contributed by atoms with E-state index in [-0.39, 0.29) is 18.4 Å². The zero-order chi connectivity index (χ0) is 17.8. The molecule has 4 nitrogen and oxygen atoms in total. The third kappa shape index (κ3) is 3.85. The molecule has 1 amide bonds. The van der Waals surface area contributed by atoms with E-state index in [9.17, 15) is 4.79 Å². The number of rotatable bonds is 6. The summed E-state index contributed by atoms with van der Waals surface area (Å²) in [6.45, 7) is 4.22. The third-order valence-corrected chi connectivity index (χ3v) is 4.36. The summed E-state index contributed by atoms with van der Waals surface area (Å²) in [5.41, 5.74) is 2.73. The van der Waals surface area contributed by atoms with Crippen molar-refractivity contribution in [3.05, 3.63) is 65.9 Å². The zero-order valence-corrected chi connectivity index (χ0v) is 14.8. The largest absolute Gasteiger partial charge is 0.497 e.